The quantitative estimate of drug-likeness (QED) is 0.943. The highest BCUT2D eigenvalue weighted by molar-refractivity contribution is 9.10. The van der Waals surface area contributed by atoms with Gasteiger partial charge in [-0.25, -0.2) is 4.39 Å². The molecule has 1 aliphatic carbocycles. The third-order valence-corrected chi connectivity index (χ3v) is 3.37. The van der Waals surface area contributed by atoms with E-state index in [-0.39, 0.29) is 5.82 Å². The summed E-state index contributed by atoms with van der Waals surface area (Å²) in [5.41, 5.74) is 0.702. The van der Waals surface area contributed by atoms with Crippen LogP contribution in [0.3, 0.4) is 0 Å². The molecule has 6 heteroatoms. The van der Waals surface area contributed by atoms with E-state index in [1.54, 1.807) is 12.1 Å². The molecule has 0 spiro atoms. The van der Waals surface area contributed by atoms with Crippen molar-refractivity contribution in [2.45, 2.75) is 25.4 Å². The summed E-state index contributed by atoms with van der Waals surface area (Å²) in [6.45, 7) is 0.608. The van der Waals surface area contributed by atoms with Gasteiger partial charge < -0.3 is 9.84 Å². The summed E-state index contributed by atoms with van der Waals surface area (Å²) < 4.78 is 18.7. The van der Waals surface area contributed by atoms with Crippen LogP contribution < -0.4 is 5.32 Å². The summed E-state index contributed by atoms with van der Waals surface area (Å²) in [7, 11) is 0. The highest BCUT2D eigenvalue weighted by Crippen LogP contribution is 2.24. The molecule has 0 atom stereocenters. The van der Waals surface area contributed by atoms with Crippen molar-refractivity contribution < 1.29 is 8.91 Å². The van der Waals surface area contributed by atoms with Crippen LogP contribution in [0.25, 0.3) is 11.5 Å². The number of hydrogen-bond donors (Lipinski definition) is 1. The standard InChI is InChI=1S/C12H11BrFN3O/c13-9-5-7(1-4-10(9)14)12-16-11(17-18-12)6-15-8-2-3-8/h1,4-5,8,15H,2-3,6H2. The van der Waals surface area contributed by atoms with E-state index in [2.05, 4.69) is 31.4 Å². The predicted octanol–water partition coefficient (Wildman–Crippen LogP) is 2.89. The molecule has 94 valence electrons. The van der Waals surface area contributed by atoms with Crippen LogP contribution in [-0.2, 0) is 6.54 Å². The minimum Gasteiger partial charge on any atom is -0.334 e. The average Bonchev–Trinajstić information content (AvgIpc) is 3.08. The lowest BCUT2D eigenvalue weighted by atomic mass is 10.2. The first-order chi connectivity index (χ1) is 8.72. The molecule has 18 heavy (non-hydrogen) atoms. The van der Waals surface area contributed by atoms with Crippen LogP contribution in [0, 0.1) is 5.82 Å². The van der Waals surface area contributed by atoms with Crippen molar-refractivity contribution in [1.29, 1.82) is 0 Å². The molecular weight excluding hydrogens is 301 g/mol. The fraction of sp³-hybridized carbons (Fsp3) is 0.333. The van der Waals surface area contributed by atoms with E-state index >= 15 is 0 Å². The lowest BCUT2D eigenvalue weighted by molar-refractivity contribution is 0.419. The van der Waals surface area contributed by atoms with Gasteiger partial charge in [-0.05, 0) is 47.0 Å². The Labute approximate surface area is 112 Å². The first kappa shape index (κ1) is 11.8. The first-order valence-corrected chi connectivity index (χ1v) is 6.53. The van der Waals surface area contributed by atoms with E-state index in [1.165, 1.54) is 18.9 Å². The van der Waals surface area contributed by atoms with Gasteiger partial charge in [0.15, 0.2) is 5.82 Å². The number of nitrogens with zero attached hydrogens (tertiary/aromatic N) is 2. The van der Waals surface area contributed by atoms with E-state index in [0.717, 1.165) is 0 Å². The molecule has 0 saturated heterocycles. The van der Waals surface area contributed by atoms with Gasteiger partial charge in [0.05, 0.1) is 11.0 Å². The van der Waals surface area contributed by atoms with E-state index in [1.807, 2.05) is 0 Å². The molecule has 1 saturated carbocycles. The van der Waals surface area contributed by atoms with Crippen molar-refractivity contribution in [1.82, 2.24) is 15.5 Å². The van der Waals surface area contributed by atoms with Gasteiger partial charge in [-0.3, -0.25) is 0 Å². The lowest BCUT2D eigenvalue weighted by Gasteiger charge is -1.97. The number of rotatable bonds is 4. The lowest BCUT2D eigenvalue weighted by Crippen LogP contribution is -2.16. The molecule has 0 radical (unpaired) electrons. The second-order valence-corrected chi connectivity index (χ2v) is 5.15. The number of nitrogens with one attached hydrogen (secondary N) is 1. The second-order valence-electron chi connectivity index (χ2n) is 4.30. The van der Waals surface area contributed by atoms with E-state index in [9.17, 15) is 4.39 Å². The molecule has 1 heterocycles. The van der Waals surface area contributed by atoms with Crippen molar-refractivity contribution in [3.8, 4) is 11.5 Å². The van der Waals surface area contributed by atoms with Crippen molar-refractivity contribution >= 4 is 15.9 Å². The van der Waals surface area contributed by atoms with Crippen LogP contribution in [0.1, 0.15) is 18.7 Å². The molecule has 0 unspecified atom stereocenters. The minimum absolute atomic E-state index is 0.311. The van der Waals surface area contributed by atoms with Gasteiger partial charge in [-0.2, -0.15) is 4.98 Å². The molecule has 0 amide bonds. The van der Waals surface area contributed by atoms with Crippen LogP contribution >= 0.6 is 15.9 Å². The smallest absolute Gasteiger partial charge is 0.258 e. The highest BCUT2D eigenvalue weighted by Gasteiger charge is 2.21. The molecule has 1 aromatic heterocycles. The van der Waals surface area contributed by atoms with Gasteiger partial charge in [0, 0.05) is 11.6 Å². The van der Waals surface area contributed by atoms with Gasteiger partial charge in [-0.1, -0.05) is 5.16 Å². The molecule has 0 aliphatic heterocycles. The molecule has 4 nitrogen and oxygen atoms in total. The van der Waals surface area contributed by atoms with Crippen LogP contribution in [0.2, 0.25) is 0 Å². The molecule has 1 N–H and O–H groups in total. The number of hydrogen-bond acceptors (Lipinski definition) is 4. The summed E-state index contributed by atoms with van der Waals surface area (Å²) in [5.74, 6) is 0.717. The van der Waals surface area contributed by atoms with Gasteiger partial charge in [0.2, 0.25) is 0 Å². The second kappa shape index (κ2) is 4.78. The molecular formula is C12H11BrFN3O. The SMILES string of the molecule is Fc1ccc(-c2nc(CNC3CC3)no2)cc1Br. The average molecular weight is 312 g/mol. The maximum Gasteiger partial charge on any atom is 0.258 e. The summed E-state index contributed by atoms with van der Waals surface area (Å²) in [6.07, 6.45) is 2.44. The summed E-state index contributed by atoms with van der Waals surface area (Å²) in [5, 5.41) is 7.19. The fourth-order valence-corrected chi connectivity index (χ4v) is 1.97. The Hall–Kier alpha value is -1.27. The van der Waals surface area contributed by atoms with Crippen LogP contribution in [0.4, 0.5) is 4.39 Å². The third-order valence-electron chi connectivity index (χ3n) is 2.76. The number of benzene rings is 1. The largest absolute Gasteiger partial charge is 0.334 e. The van der Waals surface area contributed by atoms with E-state index < -0.39 is 0 Å². The molecule has 2 aromatic rings. The molecule has 1 fully saturated rings. The summed E-state index contributed by atoms with van der Waals surface area (Å²) >= 11 is 3.13. The zero-order valence-electron chi connectivity index (χ0n) is 9.49. The number of halogens is 2. The molecule has 1 aliphatic rings. The van der Waals surface area contributed by atoms with Gasteiger partial charge >= 0.3 is 0 Å². The normalized spacial score (nSPS) is 15.0. The van der Waals surface area contributed by atoms with E-state index in [4.69, 9.17) is 4.52 Å². The zero-order chi connectivity index (χ0) is 12.5. The predicted molar refractivity (Wildman–Crippen MR) is 67.3 cm³/mol. The fourth-order valence-electron chi connectivity index (χ4n) is 1.60. The van der Waals surface area contributed by atoms with E-state index in [0.29, 0.717) is 34.3 Å². The van der Waals surface area contributed by atoms with Gasteiger partial charge in [0.1, 0.15) is 5.82 Å². The van der Waals surface area contributed by atoms with Crippen molar-refractivity contribution in [3.05, 3.63) is 34.3 Å². The van der Waals surface area contributed by atoms with Crippen molar-refractivity contribution in [3.63, 3.8) is 0 Å². The first-order valence-electron chi connectivity index (χ1n) is 5.74. The third kappa shape index (κ3) is 2.59. The Morgan fingerprint density at radius 3 is 3.00 bits per heavy atom. The Bertz CT molecular complexity index is 568. The zero-order valence-corrected chi connectivity index (χ0v) is 11.1. The molecule has 0 bridgehead atoms. The summed E-state index contributed by atoms with van der Waals surface area (Å²) in [6, 6.07) is 5.21. The molecule has 1 aromatic carbocycles. The Kier molecular flexibility index (Phi) is 3.13. The maximum absolute atomic E-state index is 13.1. The van der Waals surface area contributed by atoms with Crippen LogP contribution in [0.5, 0.6) is 0 Å². The minimum atomic E-state index is -0.311. The van der Waals surface area contributed by atoms with Crippen LogP contribution in [-0.4, -0.2) is 16.2 Å². The number of aromatic nitrogens is 2. The molecule has 3 rings (SSSR count). The maximum atomic E-state index is 13.1. The van der Waals surface area contributed by atoms with Gasteiger partial charge in [0.25, 0.3) is 5.89 Å². The van der Waals surface area contributed by atoms with Crippen LogP contribution in [0.15, 0.2) is 27.2 Å². The topological polar surface area (TPSA) is 51.0 Å². The van der Waals surface area contributed by atoms with Crippen molar-refractivity contribution in [2.24, 2.45) is 0 Å². The van der Waals surface area contributed by atoms with Crippen molar-refractivity contribution in [2.75, 3.05) is 0 Å². The monoisotopic (exact) mass is 311 g/mol. The Morgan fingerprint density at radius 1 is 1.44 bits per heavy atom. The highest BCUT2D eigenvalue weighted by atomic mass is 79.9. The Balaban J connectivity index is 1.76. The Morgan fingerprint density at radius 2 is 2.28 bits per heavy atom. The van der Waals surface area contributed by atoms with Gasteiger partial charge in [-0.15, -0.1) is 0 Å². The summed E-state index contributed by atoms with van der Waals surface area (Å²) in [4.78, 5) is 4.27.